The minimum Gasteiger partial charge on any atom is -0.392 e. The van der Waals surface area contributed by atoms with Gasteiger partial charge >= 0.3 is 0 Å². The Morgan fingerprint density at radius 1 is 1.15 bits per heavy atom. The molecule has 0 amide bonds. The van der Waals surface area contributed by atoms with Crippen molar-refractivity contribution in [1.29, 1.82) is 0 Å². The number of nitro benzene ring substituents is 1. The van der Waals surface area contributed by atoms with E-state index in [1.165, 1.54) is 6.07 Å². The van der Waals surface area contributed by atoms with Crippen LogP contribution in [-0.2, 0) is 5.00 Å². The summed E-state index contributed by atoms with van der Waals surface area (Å²) in [6.45, 7) is -0.412. The molecule has 2 rings (SSSR count). The molecule has 0 bridgehead atoms. The molecule has 1 atom stereocenters. The SMILES string of the molecule is O=[N+]([O-])c1ccccc1NC(Cl)(CO)c1ccccc1. The van der Waals surface area contributed by atoms with Gasteiger partial charge in [-0.3, -0.25) is 10.1 Å². The predicted molar refractivity (Wildman–Crippen MR) is 77.8 cm³/mol. The normalized spacial score (nSPS) is 13.5. The highest BCUT2D eigenvalue weighted by Crippen LogP contribution is 2.34. The third kappa shape index (κ3) is 2.89. The van der Waals surface area contributed by atoms with E-state index in [0.717, 1.165) is 0 Å². The van der Waals surface area contributed by atoms with Crippen LogP contribution in [0.5, 0.6) is 0 Å². The lowest BCUT2D eigenvalue weighted by Gasteiger charge is -2.27. The number of para-hydroxylation sites is 2. The number of aliphatic hydroxyl groups is 1. The molecule has 0 saturated heterocycles. The summed E-state index contributed by atoms with van der Waals surface area (Å²) in [5.74, 6) is 0. The van der Waals surface area contributed by atoms with E-state index in [9.17, 15) is 15.2 Å². The maximum absolute atomic E-state index is 11.0. The third-order valence-corrected chi connectivity index (χ3v) is 3.32. The van der Waals surface area contributed by atoms with Crippen molar-refractivity contribution >= 4 is 23.0 Å². The van der Waals surface area contributed by atoms with Crippen LogP contribution in [0, 0.1) is 10.1 Å². The average molecular weight is 293 g/mol. The number of hydrogen-bond donors (Lipinski definition) is 2. The van der Waals surface area contributed by atoms with Gasteiger partial charge in [-0.05, 0) is 11.6 Å². The number of alkyl halides is 1. The summed E-state index contributed by atoms with van der Waals surface area (Å²) in [5.41, 5.74) is 0.787. The van der Waals surface area contributed by atoms with Gasteiger partial charge in [-0.2, -0.15) is 0 Å². The lowest BCUT2D eigenvalue weighted by molar-refractivity contribution is -0.384. The van der Waals surface area contributed by atoms with E-state index in [-0.39, 0.29) is 11.4 Å². The molecule has 20 heavy (non-hydrogen) atoms. The van der Waals surface area contributed by atoms with E-state index in [2.05, 4.69) is 5.32 Å². The minimum atomic E-state index is -1.31. The Morgan fingerprint density at radius 3 is 2.35 bits per heavy atom. The molecule has 0 spiro atoms. The van der Waals surface area contributed by atoms with Crippen molar-refractivity contribution in [3.05, 3.63) is 70.3 Å². The van der Waals surface area contributed by atoms with Gasteiger partial charge in [0.15, 0.2) is 5.00 Å². The molecule has 104 valence electrons. The summed E-state index contributed by atoms with van der Waals surface area (Å²) >= 11 is 6.38. The van der Waals surface area contributed by atoms with Crippen LogP contribution in [-0.4, -0.2) is 16.6 Å². The number of halogens is 1. The van der Waals surface area contributed by atoms with Crippen molar-refractivity contribution in [1.82, 2.24) is 0 Å². The zero-order valence-electron chi connectivity index (χ0n) is 10.5. The zero-order chi connectivity index (χ0) is 14.6. The van der Waals surface area contributed by atoms with Crippen LogP contribution in [0.1, 0.15) is 5.56 Å². The Hall–Kier alpha value is -2.11. The predicted octanol–water partition coefficient (Wildman–Crippen LogP) is 3.09. The first-order chi connectivity index (χ1) is 9.57. The number of nitrogens with one attached hydrogen (secondary N) is 1. The van der Waals surface area contributed by atoms with Gasteiger partial charge in [-0.15, -0.1) is 0 Å². The lowest BCUT2D eigenvalue weighted by atomic mass is 10.1. The first kappa shape index (κ1) is 14.3. The molecule has 6 heteroatoms. The second-order valence-corrected chi connectivity index (χ2v) is 4.87. The molecule has 1 unspecified atom stereocenters. The Bertz CT molecular complexity index is 606. The summed E-state index contributed by atoms with van der Waals surface area (Å²) in [6, 6.07) is 15.0. The van der Waals surface area contributed by atoms with Crippen molar-refractivity contribution in [3.63, 3.8) is 0 Å². The molecule has 5 nitrogen and oxygen atoms in total. The highest BCUT2D eigenvalue weighted by molar-refractivity contribution is 6.25. The van der Waals surface area contributed by atoms with Gasteiger partial charge in [0.25, 0.3) is 5.69 Å². The Morgan fingerprint density at radius 2 is 1.75 bits per heavy atom. The number of aliphatic hydroxyl groups excluding tert-OH is 1. The van der Waals surface area contributed by atoms with Crippen molar-refractivity contribution in [2.45, 2.75) is 5.00 Å². The summed E-state index contributed by atoms with van der Waals surface area (Å²) in [6.07, 6.45) is 0. The molecular weight excluding hydrogens is 280 g/mol. The van der Waals surface area contributed by atoms with Crippen LogP contribution in [0.4, 0.5) is 11.4 Å². The van der Waals surface area contributed by atoms with Crippen molar-refractivity contribution < 1.29 is 10.0 Å². The molecule has 2 N–H and O–H groups in total. The number of rotatable bonds is 5. The van der Waals surface area contributed by atoms with Gasteiger partial charge in [0.2, 0.25) is 0 Å². The van der Waals surface area contributed by atoms with E-state index in [0.29, 0.717) is 5.56 Å². The number of nitro groups is 1. The molecule has 0 radical (unpaired) electrons. The summed E-state index contributed by atoms with van der Waals surface area (Å²) in [7, 11) is 0. The van der Waals surface area contributed by atoms with Crippen LogP contribution >= 0.6 is 11.6 Å². The van der Waals surface area contributed by atoms with E-state index >= 15 is 0 Å². The van der Waals surface area contributed by atoms with E-state index in [4.69, 9.17) is 11.6 Å². The molecule has 0 heterocycles. The quantitative estimate of drug-likeness (QED) is 0.384. The molecule has 0 saturated carbocycles. The van der Waals surface area contributed by atoms with Crippen molar-refractivity contribution in [3.8, 4) is 0 Å². The fourth-order valence-corrected chi connectivity index (χ4v) is 2.09. The van der Waals surface area contributed by atoms with Gasteiger partial charge in [-0.25, -0.2) is 0 Å². The summed E-state index contributed by atoms with van der Waals surface area (Å²) < 4.78 is 0. The van der Waals surface area contributed by atoms with E-state index in [1.807, 2.05) is 6.07 Å². The zero-order valence-corrected chi connectivity index (χ0v) is 11.2. The van der Waals surface area contributed by atoms with Crippen LogP contribution in [0.15, 0.2) is 54.6 Å². The molecule has 0 aliphatic carbocycles. The number of benzene rings is 2. The Balaban J connectivity index is 2.39. The number of anilines is 1. The van der Waals surface area contributed by atoms with Gasteiger partial charge in [-0.1, -0.05) is 54.1 Å². The van der Waals surface area contributed by atoms with Crippen LogP contribution < -0.4 is 5.32 Å². The van der Waals surface area contributed by atoms with Gasteiger partial charge < -0.3 is 10.4 Å². The highest BCUT2D eigenvalue weighted by Gasteiger charge is 2.30. The van der Waals surface area contributed by atoms with Crippen molar-refractivity contribution in [2.75, 3.05) is 11.9 Å². The van der Waals surface area contributed by atoms with Gasteiger partial charge in [0, 0.05) is 6.07 Å². The third-order valence-electron chi connectivity index (χ3n) is 2.88. The maximum atomic E-state index is 11.0. The first-order valence-corrected chi connectivity index (χ1v) is 6.31. The fraction of sp³-hybridized carbons (Fsp3) is 0.143. The molecule has 0 aliphatic rings. The largest absolute Gasteiger partial charge is 0.392 e. The van der Waals surface area contributed by atoms with Crippen molar-refractivity contribution in [2.24, 2.45) is 0 Å². The molecule has 2 aromatic rings. The first-order valence-electron chi connectivity index (χ1n) is 5.94. The van der Waals surface area contributed by atoms with Gasteiger partial charge in [0.1, 0.15) is 5.69 Å². The molecule has 0 fully saturated rings. The standard InChI is InChI=1S/C14H13ClN2O3/c15-14(10-18,11-6-2-1-3-7-11)16-12-8-4-5-9-13(12)17(19)20/h1-9,16,18H,10H2. The summed E-state index contributed by atoms with van der Waals surface area (Å²) in [4.78, 5) is 9.18. The molecule has 0 aromatic heterocycles. The highest BCUT2D eigenvalue weighted by atomic mass is 35.5. The van der Waals surface area contributed by atoms with Crippen LogP contribution in [0.2, 0.25) is 0 Å². The van der Waals surface area contributed by atoms with Crippen LogP contribution in [0.3, 0.4) is 0 Å². The monoisotopic (exact) mass is 292 g/mol. The van der Waals surface area contributed by atoms with E-state index < -0.39 is 16.5 Å². The Labute approximate surface area is 121 Å². The number of nitrogens with zero attached hydrogens (tertiary/aromatic N) is 1. The minimum absolute atomic E-state index is 0.0955. The van der Waals surface area contributed by atoms with Crippen LogP contribution in [0.25, 0.3) is 0 Å². The molecular formula is C14H13ClN2O3. The lowest BCUT2D eigenvalue weighted by Crippen LogP contribution is -2.33. The maximum Gasteiger partial charge on any atom is 0.292 e. The molecule has 2 aromatic carbocycles. The smallest absolute Gasteiger partial charge is 0.292 e. The topological polar surface area (TPSA) is 75.4 Å². The Kier molecular flexibility index (Phi) is 4.22. The summed E-state index contributed by atoms with van der Waals surface area (Å²) in [5, 5.41) is 23.4. The second-order valence-electron chi connectivity index (χ2n) is 4.22. The molecule has 0 aliphatic heterocycles. The second kappa shape index (κ2) is 5.90. The number of hydrogen-bond acceptors (Lipinski definition) is 4. The van der Waals surface area contributed by atoms with Gasteiger partial charge in [0.05, 0.1) is 11.5 Å². The fourth-order valence-electron chi connectivity index (χ4n) is 1.86. The average Bonchev–Trinajstić information content (AvgIpc) is 2.48. The van der Waals surface area contributed by atoms with E-state index in [1.54, 1.807) is 42.5 Å².